The van der Waals surface area contributed by atoms with Gasteiger partial charge in [-0.15, -0.1) is 0 Å². The van der Waals surface area contributed by atoms with E-state index in [1.54, 1.807) is 12.1 Å². The summed E-state index contributed by atoms with van der Waals surface area (Å²) in [7, 11) is 0. The van der Waals surface area contributed by atoms with Crippen molar-refractivity contribution >= 4 is 40.1 Å². The van der Waals surface area contributed by atoms with E-state index in [0.29, 0.717) is 22.7 Å². The maximum Gasteiger partial charge on any atom is 0.256 e. The number of hydrogen-bond acceptors (Lipinski definition) is 2. The van der Waals surface area contributed by atoms with Crippen LogP contribution in [-0.4, -0.2) is 29.8 Å². The summed E-state index contributed by atoms with van der Waals surface area (Å²) in [5.74, 6) is 0.456. The van der Waals surface area contributed by atoms with Gasteiger partial charge in [0.25, 0.3) is 11.8 Å². The molecule has 0 saturated carbocycles. The lowest BCUT2D eigenvalue weighted by Crippen LogP contribution is -2.38. The van der Waals surface area contributed by atoms with E-state index in [1.807, 2.05) is 42.2 Å². The molecule has 2 aromatic rings. The van der Waals surface area contributed by atoms with E-state index in [0.717, 1.165) is 35.1 Å². The van der Waals surface area contributed by atoms with Gasteiger partial charge in [-0.25, -0.2) is 0 Å². The van der Waals surface area contributed by atoms with E-state index in [9.17, 15) is 9.59 Å². The molecule has 1 aliphatic heterocycles. The monoisotopic (exact) mass is 462 g/mol. The van der Waals surface area contributed by atoms with Gasteiger partial charge in [-0.2, -0.15) is 0 Å². The van der Waals surface area contributed by atoms with Crippen LogP contribution < -0.4 is 5.32 Å². The predicted molar refractivity (Wildman–Crippen MR) is 113 cm³/mol. The Labute approximate surface area is 168 Å². The van der Waals surface area contributed by atoms with Crippen molar-refractivity contribution in [2.45, 2.75) is 26.7 Å². The third kappa shape index (κ3) is 4.44. The van der Waals surface area contributed by atoms with Crippen molar-refractivity contribution in [3.8, 4) is 0 Å². The number of amides is 2. The number of nitrogens with one attached hydrogen (secondary N) is 1. The number of anilines is 1. The number of carbonyl (C=O) groups excluding carboxylic acids is 2. The molecular formula is C21H23IN2O2. The average Bonchev–Trinajstić information content (AvgIpc) is 2.63. The fourth-order valence-corrected chi connectivity index (χ4v) is 3.58. The van der Waals surface area contributed by atoms with Crippen LogP contribution in [-0.2, 0) is 0 Å². The SMILES string of the molecule is Cc1ccc(C(=O)Nc2ccc(I)cc2C(=O)N2CCC(C)CC2)cc1. The highest BCUT2D eigenvalue weighted by atomic mass is 127. The third-order valence-corrected chi connectivity index (χ3v) is 5.52. The number of aryl methyl sites for hydroxylation is 1. The van der Waals surface area contributed by atoms with Gasteiger partial charge in [0.15, 0.2) is 0 Å². The Hall–Kier alpha value is -1.89. The highest BCUT2D eigenvalue weighted by Gasteiger charge is 2.24. The third-order valence-electron chi connectivity index (χ3n) is 4.84. The van der Waals surface area contributed by atoms with E-state index in [1.165, 1.54) is 0 Å². The lowest BCUT2D eigenvalue weighted by atomic mass is 9.98. The highest BCUT2D eigenvalue weighted by molar-refractivity contribution is 14.1. The fraction of sp³-hybridized carbons (Fsp3) is 0.333. The molecule has 0 bridgehead atoms. The van der Waals surface area contributed by atoms with Crippen molar-refractivity contribution in [3.63, 3.8) is 0 Å². The lowest BCUT2D eigenvalue weighted by Gasteiger charge is -2.31. The Bertz CT molecular complexity index is 809. The molecule has 3 rings (SSSR count). The Morgan fingerprint density at radius 3 is 2.38 bits per heavy atom. The smallest absolute Gasteiger partial charge is 0.256 e. The molecule has 1 saturated heterocycles. The number of rotatable bonds is 3. The zero-order chi connectivity index (χ0) is 18.7. The maximum absolute atomic E-state index is 13.0. The summed E-state index contributed by atoms with van der Waals surface area (Å²) in [6, 6.07) is 13.0. The Balaban J connectivity index is 1.82. The highest BCUT2D eigenvalue weighted by Crippen LogP contribution is 2.24. The summed E-state index contributed by atoms with van der Waals surface area (Å²) in [6.07, 6.45) is 2.06. The molecule has 0 aromatic heterocycles. The number of halogens is 1. The van der Waals surface area contributed by atoms with Crippen LogP contribution in [0.3, 0.4) is 0 Å². The molecular weight excluding hydrogens is 439 g/mol. The van der Waals surface area contributed by atoms with Gasteiger partial charge < -0.3 is 10.2 Å². The van der Waals surface area contributed by atoms with Crippen molar-refractivity contribution in [2.24, 2.45) is 5.92 Å². The first kappa shape index (κ1) is 18.9. The molecule has 5 heteroatoms. The normalized spacial score (nSPS) is 15.0. The first-order valence-electron chi connectivity index (χ1n) is 8.91. The van der Waals surface area contributed by atoms with Crippen molar-refractivity contribution < 1.29 is 9.59 Å². The first-order valence-corrected chi connectivity index (χ1v) is 9.99. The van der Waals surface area contributed by atoms with Crippen molar-refractivity contribution in [1.82, 2.24) is 4.90 Å². The van der Waals surface area contributed by atoms with Crippen molar-refractivity contribution in [3.05, 3.63) is 62.7 Å². The quantitative estimate of drug-likeness (QED) is 0.671. The van der Waals surface area contributed by atoms with Gasteiger partial charge in [0.2, 0.25) is 0 Å². The molecule has 0 atom stereocenters. The van der Waals surface area contributed by atoms with Crippen LogP contribution in [0.2, 0.25) is 0 Å². The van der Waals surface area contributed by atoms with Crippen LogP contribution in [0, 0.1) is 16.4 Å². The van der Waals surface area contributed by atoms with Gasteiger partial charge in [-0.05, 0) is 78.6 Å². The molecule has 4 nitrogen and oxygen atoms in total. The molecule has 2 aromatic carbocycles. The van der Waals surface area contributed by atoms with Crippen LogP contribution >= 0.6 is 22.6 Å². The molecule has 136 valence electrons. The second kappa shape index (κ2) is 8.20. The molecule has 2 amide bonds. The average molecular weight is 462 g/mol. The zero-order valence-corrected chi connectivity index (χ0v) is 17.2. The van der Waals surface area contributed by atoms with Gasteiger partial charge in [0.1, 0.15) is 0 Å². The lowest BCUT2D eigenvalue weighted by molar-refractivity contribution is 0.0698. The number of hydrogen-bond donors (Lipinski definition) is 1. The van der Waals surface area contributed by atoms with Gasteiger partial charge in [0, 0.05) is 22.2 Å². The van der Waals surface area contributed by atoms with Crippen LogP contribution in [0.25, 0.3) is 0 Å². The number of likely N-dealkylation sites (tertiary alicyclic amines) is 1. The summed E-state index contributed by atoms with van der Waals surface area (Å²) in [6.45, 7) is 5.76. The maximum atomic E-state index is 13.0. The molecule has 1 N–H and O–H groups in total. The Morgan fingerprint density at radius 1 is 1.08 bits per heavy atom. The summed E-state index contributed by atoms with van der Waals surface area (Å²) >= 11 is 2.19. The largest absolute Gasteiger partial charge is 0.339 e. The summed E-state index contributed by atoms with van der Waals surface area (Å²) in [5, 5.41) is 2.91. The molecule has 26 heavy (non-hydrogen) atoms. The van der Waals surface area contributed by atoms with E-state index in [2.05, 4.69) is 34.8 Å². The number of piperidine rings is 1. The summed E-state index contributed by atoms with van der Waals surface area (Å²) in [5.41, 5.74) is 2.82. The molecule has 0 aliphatic carbocycles. The molecule has 0 radical (unpaired) electrons. The van der Waals surface area contributed by atoms with Crippen LogP contribution in [0.4, 0.5) is 5.69 Å². The van der Waals surface area contributed by atoms with Gasteiger partial charge in [-0.3, -0.25) is 9.59 Å². The standard InChI is InChI=1S/C21H23IN2O2/c1-14-3-5-16(6-4-14)20(25)23-19-8-7-17(22)13-18(19)21(26)24-11-9-15(2)10-12-24/h3-8,13,15H,9-12H2,1-2H3,(H,23,25). The number of carbonyl (C=O) groups is 2. The second-order valence-corrected chi connectivity index (χ2v) is 8.23. The van der Waals surface area contributed by atoms with Crippen molar-refractivity contribution in [2.75, 3.05) is 18.4 Å². The summed E-state index contributed by atoms with van der Waals surface area (Å²) < 4.78 is 0.977. The van der Waals surface area contributed by atoms with Crippen LogP contribution in [0.1, 0.15) is 46.0 Å². The van der Waals surface area contributed by atoms with E-state index in [-0.39, 0.29) is 11.8 Å². The Kier molecular flexibility index (Phi) is 5.96. The Morgan fingerprint density at radius 2 is 1.73 bits per heavy atom. The molecule has 1 aliphatic rings. The summed E-state index contributed by atoms with van der Waals surface area (Å²) in [4.78, 5) is 27.5. The molecule has 0 spiro atoms. The zero-order valence-electron chi connectivity index (χ0n) is 15.1. The van der Waals surface area contributed by atoms with Crippen LogP contribution in [0.15, 0.2) is 42.5 Å². The molecule has 1 fully saturated rings. The number of benzene rings is 2. The van der Waals surface area contributed by atoms with Crippen molar-refractivity contribution in [1.29, 1.82) is 0 Å². The molecule has 1 heterocycles. The number of nitrogens with zero attached hydrogens (tertiary/aromatic N) is 1. The molecule has 0 unspecified atom stereocenters. The van der Waals surface area contributed by atoms with E-state index >= 15 is 0 Å². The minimum absolute atomic E-state index is 0.00498. The predicted octanol–water partition coefficient (Wildman–Crippen LogP) is 4.72. The van der Waals surface area contributed by atoms with E-state index in [4.69, 9.17) is 0 Å². The van der Waals surface area contributed by atoms with E-state index < -0.39 is 0 Å². The minimum Gasteiger partial charge on any atom is -0.339 e. The second-order valence-electron chi connectivity index (χ2n) is 6.98. The van der Waals surface area contributed by atoms with Gasteiger partial charge >= 0.3 is 0 Å². The van der Waals surface area contributed by atoms with Crippen LogP contribution in [0.5, 0.6) is 0 Å². The van der Waals surface area contributed by atoms with Gasteiger partial charge in [0.05, 0.1) is 11.3 Å². The topological polar surface area (TPSA) is 49.4 Å². The first-order chi connectivity index (χ1) is 12.4. The minimum atomic E-state index is -0.201. The van der Waals surface area contributed by atoms with Gasteiger partial charge in [-0.1, -0.05) is 24.6 Å². The fourth-order valence-electron chi connectivity index (χ4n) is 3.08.